The van der Waals surface area contributed by atoms with E-state index < -0.39 is 11.5 Å². The van der Waals surface area contributed by atoms with Gasteiger partial charge in [-0.25, -0.2) is 0 Å². The van der Waals surface area contributed by atoms with Gasteiger partial charge in [0.1, 0.15) is 5.54 Å². The first kappa shape index (κ1) is 17.4. The second kappa shape index (κ2) is 7.96. The van der Waals surface area contributed by atoms with E-state index in [2.05, 4.69) is 17.1 Å². The highest BCUT2D eigenvalue weighted by atomic mass is 16.5. The molecule has 2 unspecified atom stereocenters. The van der Waals surface area contributed by atoms with Gasteiger partial charge in [-0.15, -0.1) is 0 Å². The third-order valence-electron chi connectivity index (χ3n) is 4.61. The molecule has 0 saturated heterocycles. The van der Waals surface area contributed by atoms with Crippen molar-refractivity contribution in [3.63, 3.8) is 0 Å². The molecule has 2 atom stereocenters. The Bertz CT molecular complexity index is 307. The number of likely N-dealkylation sites (N-methyl/N-ethyl adjacent to an activating group) is 1. The molecule has 1 rings (SSSR count). The summed E-state index contributed by atoms with van der Waals surface area (Å²) < 4.78 is 5.18. The fraction of sp³-hybridized carbons (Fsp3) is 0.933. The summed E-state index contributed by atoms with van der Waals surface area (Å²) in [5.74, 6) is 0.0423. The third-order valence-corrected chi connectivity index (χ3v) is 4.61. The molecule has 2 N–H and O–H groups in total. The SMILES string of the molecule is CNC(C)(CCCN(CCOC)C(C)C1CC1)C(=O)O. The lowest BCUT2D eigenvalue weighted by Crippen LogP contribution is -2.48. The Morgan fingerprint density at radius 3 is 2.60 bits per heavy atom. The smallest absolute Gasteiger partial charge is 0.323 e. The van der Waals surface area contributed by atoms with Gasteiger partial charge < -0.3 is 15.2 Å². The molecule has 20 heavy (non-hydrogen) atoms. The minimum Gasteiger partial charge on any atom is -0.480 e. The van der Waals surface area contributed by atoms with E-state index in [1.165, 1.54) is 12.8 Å². The molecule has 0 heterocycles. The van der Waals surface area contributed by atoms with Crippen molar-refractivity contribution in [2.45, 2.75) is 51.1 Å². The van der Waals surface area contributed by atoms with Crippen molar-refractivity contribution >= 4 is 5.97 Å². The number of hydrogen-bond acceptors (Lipinski definition) is 4. The Balaban J connectivity index is 2.42. The van der Waals surface area contributed by atoms with Gasteiger partial charge in [0, 0.05) is 19.7 Å². The molecule has 1 aliphatic rings. The number of carboxylic acid groups (broad SMARTS) is 1. The maximum absolute atomic E-state index is 11.3. The van der Waals surface area contributed by atoms with E-state index in [4.69, 9.17) is 4.74 Å². The van der Waals surface area contributed by atoms with Crippen molar-refractivity contribution in [1.82, 2.24) is 10.2 Å². The average molecular weight is 286 g/mol. The number of rotatable bonds is 11. The summed E-state index contributed by atoms with van der Waals surface area (Å²) in [6.45, 7) is 6.63. The van der Waals surface area contributed by atoms with Crippen LogP contribution in [0.3, 0.4) is 0 Å². The van der Waals surface area contributed by atoms with Crippen LogP contribution in [0.15, 0.2) is 0 Å². The van der Waals surface area contributed by atoms with Crippen LogP contribution in [0.1, 0.15) is 39.5 Å². The van der Waals surface area contributed by atoms with Crippen LogP contribution in [0, 0.1) is 5.92 Å². The molecule has 0 amide bonds. The van der Waals surface area contributed by atoms with Gasteiger partial charge in [0.25, 0.3) is 0 Å². The summed E-state index contributed by atoms with van der Waals surface area (Å²) >= 11 is 0. The molecule has 0 spiro atoms. The van der Waals surface area contributed by atoms with Crippen LogP contribution in [-0.4, -0.2) is 61.4 Å². The Morgan fingerprint density at radius 1 is 1.50 bits per heavy atom. The van der Waals surface area contributed by atoms with Crippen LogP contribution in [0.2, 0.25) is 0 Å². The lowest BCUT2D eigenvalue weighted by atomic mass is 9.96. The molecule has 1 fully saturated rings. The van der Waals surface area contributed by atoms with Gasteiger partial charge in [-0.2, -0.15) is 0 Å². The van der Waals surface area contributed by atoms with E-state index in [9.17, 15) is 9.90 Å². The maximum Gasteiger partial charge on any atom is 0.323 e. The van der Waals surface area contributed by atoms with Gasteiger partial charge in [0.15, 0.2) is 0 Å². The molecule has 118 valence electrons. The van der Waals surface area contributed by atoms with Crippen molar-refractivity contribution in [3.8, 4) is 0 Å². The molecule has 1 saturated carbocycles. The second-order valence-electron chi connectivity index (χ2n) is 6.10. The average Bonchev–Trinajstić information content (AvgIpc) is 3.25. The van der Waals surface area contributed by atoms with Crippen molar-refractivity contribution in [3.05, 3.63) is 0 Å². The predicted octanol–water partition coefficient (Wildman–Crippen LogP) is 1.58. The van der Waals surface area contributed by atoms with E-state index in [0.717, 1.165) is 32.0 Å². The molecule has 0 aromatic rings. The highest BCUT2D eigenvalue weighted by Crippen LogP contribution is 2.35. The van der Waals surface area contributed by atoms with Gasteiger partial charge in [0.05, 0.1) is 6.61 Å². The molecule has 5 nitrogen and oxygen atoms in total. The van der Waals surface area contributed by atoms with Crippen molar-refractivity contribution in [2.75, 3.05) is 33.9 Å². The summed E-state index contributed by atoms with van der Waals surface area (Å²) in [5, 5.41) is 12.2. The Morgan fingerprint density at radius 2 is 2.15 bits per heavy atom. The number of aliphatic carboxylic acids is 1. The number of nitrogens with zero attached hydrogens (tertiary/aromatic N) is 1. The molecular formula is C15H30N2O3. The highest BCUT2D eigenvalue weighted by Gasteiger charge is 2.33. The van der Waals surface area contributed by atoms with Crippen LogP contribution in [0.25, 0.3) is 0 Å². The topological polar surface area (TPSA) is 61.8 Å². The summed E-state index contributed by atoms with van der Waals surface area (Å²) in [6, 6.07) is 0.579. The fourth-order valence-electron chi connectivity index (χ4n) is 2.58. The van der Waals surface area contributed by atoms with E-state index in [1.54, 1.807) is 21.1 Å². The zero-order valence-corrected chi connectivity index (χ0v) is 13.3. The Labute approximate surface area is 122 Å². The van der Waals surface area contributed by atoms with Gasteiger partial charge in [-0.05, 0) is 59.0 Å². The molecule has 0 aliphatic heterocycles. The molecule has 0 aromatic heterocycles. The molecule has 0 aromatic carbocycles. The van der Waals surface area contributed by atoms with Crippen LogP contribution in [0.4, 0.5) is 0 Å². The summed E-state index contributed by atoms with van der Waals surface area (Å²) in [5.41, 5.74) is -0.824. The third kappa shape index (κ3) is 5.04. The number of hydrogen-bond donors (Lipinski definition) is 2. The zero-order chi connectivity index (χ0) is 15.2. The predicted molar refractivity (Wildman–Crippen MR) is 80.0 cm³/mol. The summed E-state index contributed by atoms with van der Waals surface area (Å²) in [6.07, 6.45) is 4.17. The van der Waals surface area contributed by atoms with E-state index >= 15 is 0 Å². The number of carboxylic acids is 1. The summed E-state index contributed by atoms with van der Waals surface area (Å²) in [7, 11) is 3.44. The van der Waals surface area contributed by atoms with Gasteiger partial charge in [-0.3, -0.25) is 9.69 Å². The van der Waals surface area contributed by atoms with Gasteiger partial charge in [0.2, 0.25) is 0 Å². The molecule has 0 bridgehead atoms. The number of nitrogens with one attached hydrogen (secondary N) is 1. The number of ether oxygens (including phenoxy) is 1. The van der Waals surface area contributed by atoms with Crippen LogP contribution in [0.5, 0.6) is 0 Å². The fourth-order valence-corrected chi connectivity index (χ4v) is 2.58. The first-order valence-electron chi connectivity index (χ1n) is 7.60. The first-order chi connectivity index (χ1) is 9.44. The first-order valence-corrected chi connectivity index (χ1v) is 7.60. The lowest BCUT2D eigenvalue weighted by molar-refractivity contribution is -0.144. The molecule has 1 aliphatic carbocycles. The van der Waals surface area contributed by atoms with Gasteiger partial charge in [-0.1, -0.05) is 0 Å². The van der Waals surface area contributed by atoms with E-state index in [0.29, 0.717) is 12.5 Å². The minimum atomic E-state index is -0.824. The minimum absolute atomic E-state index is 0.579. The van der Waals surface area contributed by atoms with E-state index in [-0.39, 0.29) is 0 Å². The normalized spacial score (nSPS) is 19.9. The van der Waals surface area contributed by atoms with Crippen LogP contribution in [-0.2, 0) is 9.53 Å². The largest absolute Gasteiger partial charge is 0.480 e. The monoisotopic (exact) mass is 286 g/mol. The molecule has 5 heteroatoms. The lowest BCUT2D eigenvalue weighted by Gasteiger charge is -2.31. The second-order valence-corrected chi connectivity index (χ2v) is 6.10. The van der Waals surface area contributed by atoms with Crippen LogP contribution < -0.4 is 5.32 Å². The molecule has 0 radical (unpaired) electrons. The quantitative estimate of drug-likeness (QED) is 0.604. The van der Waals surface area contributed by atoms with Gasteiger partial charge >= 0.3 is 5.97 Å². The number of methoxy groups -OCH3 is 1. The van der Waals surface area contributed by atoms with E-state index in [1.807, 2.05) is 0 Å². The maximum atomic E-state index is 11.3. The highest BCUT2D eigenvalue weighted by molar-refractivity contribution is 5.78. The Hall–Kier alpha value is -0.650. The standard InChI is InChI=1S/C15H30N2O3/c1-12(13-6-7-13)17(10-11-20-4)9-5-8-15(2,16-3)14(18)19/h12-13,16H,5-11H2,1-4H3,(H,18,19). The zero-order valence-electron chi connectivity index (χ0n) is 13.3. The van der Waals surface area contributed by atoms with Crippen molar-refractivity contribution in [2.24, 2.45) is 5.92 Å². The number of carbonyl (C=O) groups is 1. The Kier molecular flexibility index (Phi) is 6.92. The van der Waals surface area contributed by atoms with Crippen molar-refractivity contribution < 1.29 is 14.6 Å². The van der Waals surface area contributed by atoms with Crippen molar-refractivity contribution in [1.29, 1.82) is 0 Å². The summed E-state index contributed by atoms with van der Waals surface area (Å²) in [4.78, 5) is 13.7. The van der Waals surface area contributed by atoms with Crippen LogP contribution >= 0.6 is 0 Å². The molecular weight excluding hydrogens is 256 g/mol.